The molecule has 0 aliphatic carbocycles. The highest BCUT2D eigenvalue weighted by Gasteiger charge is 2.38. The smallest absolute Gasteiger partial charge is 0.338 e. The molecule has 1 aliphatic rings. The molecule has 2 aromatic carbocycles. The van der Waals surface area contributed by atoms with Gasteiger partial charge in [-0.15, -0.1) is 11.3 Å². The number of ketones is 1. The van der Waals surface area contributed by atoms with Crippen LogP contribution >= 0.6 is 11.3 Å². The molecule has 3 aromatic rings. The molecule has 0 radical (unpaired) electrons. The molecule has 1 aliphatic heterocycles. The van der Waals surface area contributed by atoms with Crippen LogP contribution in [0.5, 0.6) is 0 Å². The number of anilines is 1. The minimum atomic E-state index is -0.729. The molecule has 0 unspecified atom stereocenters. The van der Waals surface area contributed by atoms with E-state index in [-0.39, 0.29) is 22.5 Å². The van der Waals surface area contributed by atoms with Crippen LogP contribution in [0.15, 0.2) is 53.9 Å². The number of hydrogen-bond acceptors (Lipinski definition) is 6. The van der Waals surface area contributed by atoms with Gasteiger partial charge in [-0.05, 0) is 60.7 Å². The molecule has 2 heterocycles. The van der Waals surface area contributed by atoms with Crippen LogP contribution in [0.2, 0.25) is 0 Å². The third-order valence-corrected chi connectivity index (χ3v) is 5.77. The topological polar surface area (TPSA) is 80.8 Å². The summed E-state index contributed by atoms with van der Waals surface area (Å²) in [6.45, 7) is 3.32. The predicted molar refractivity (Wildman–Crippen MR) is 112 cm³/mol. The zero-order chi connectivity index (χ0) is 21.4. The zero-order valence-corrected chi connectivity index (χ0v) is 17.1. The van der Waals surface area contributed by atoms with Crippen molar-refractivity contribution in [2.75, 3.05) is 11.5 Å². The van der Waals surface area contributed by atoms with Crippen LogP contribution in [-0.4, -0.2) is 30.2 Å². The average molecular weight is 419 g/mol. The fraction of sp³-hybridized carbons (Fsp3) is 0.130. The SMILES string of the molecule is Cc1ccc(C)c(N2C(=O)c3ccc(C(=O)OCC(=O)c4cccs4)cc3C2=O)c1. The molecule has 150 valence electrons. The second-order valence-corrected chi connectivity index (χ2v) is 7.92. The zero-order valence-electron chi connectivity index (χ0n) is 16.3. The Morgan fingerprint density at radius 2 is 1.73 bits per heavy atom. The molecule has 0 bridgehead atoms. The first-order valence-corrected chi connectivity index (χ1v) is 10.1. The third kappa shape index (κ3) is 3.44. The summed E-state index contributed by atoms with van der Waals surface area (Å²) in [5.41, 5.74) is 2.71. The summed E-state index contributed by atoms with van der Waals surface area (Å²) in [5, 5.41) is 1.76. The number of benzene rings is 2. The van der Waals surface area contributed by atoms with Gasteiger partial charge in [0.25, 0.3) is 11.8 Å². The average Bonchev–Trinajstić information content (AvgIpc) is 3.36. The van der Waals surface area contributed by atoms with Crippen LogP contribution in [-0.2, 0) is 4.74 Å². The highest BCUT2D eigenvalue weighted by molar-refractivity contribution is 7.12. The number of nitrogens with zero attached hydrogens (tertiary/aromatic N) is 1. The molecule has 1 aromatic heterocycles. The number of amides is 2. The quantitative estimate of drug-likeness (QED) is 0.352. The van der Waals surface area contributed by atoms with Gasteiger partial charge in [0.15, 0.2) is 6.61 Å². The van der Waals surface area contributed by atoms with E-state index in [0.29, 0.717) is 10.6 Å². The van der Waals surface area contributed by atoms with Crippen LogP contribution in [0.1, 0.15) is 51.9 Å². The Kier molecular flexibility index (Phi) is 5.05. The highest BCUT2D eigenvalue weighted by Crippen LogP contribution is 2.31. The van der Waals surface area contributed by atoms with Crippen LogP contribution in [0.25, 0.3) is 0 Å². The van der Waals surface area contributed by atoms with Gasteiger partial charge in [0.1, 0.15) is 0 Å². The van der Waals surface area contributed by atoms with E-state index in [0.717, 1.165) is 16.0 Å². The van der Waals surface area contributed by atoms with Gasteiger partial charge in [-0.1, -0.05) is 18.2 Å². The molecule has 6 nitrogen and oxygen atoms in total. The maximum atomic E-state index is 13.0. The number of ether oxygens (including phenoxy) is 1. The summed E-state index contributed by atoms with van der Waals surface area (Å²) in [4.78, 5) is 51.8. The Balaban J connectivity index is 1.56. The van der Waals surface area contributed by atoms with Crippen molar-refractivity contribution >= 4 is 40.6 Å². The number of aryl methyl sites for hydroxylation is 2. The first kappa shape index (κ1) is 19.7. The monoisotopic (exact) mass is 419 g/mol. The van der Waals surface area contributed by atoms with E-state index in [1.807, 2.05) is 26.0 Å². The molecule has 0 fully saturated rings. The summed E-state index contributed by atoms with van der Waals surface area (Å²) < 4.78 is 5.09. The number of imide groups is 1. The van der Waals surface area contributed by atoms with Crippen LogP contribution in [0.4, 0.5) is 5.69 Å². The van der Waals surface area contributed by atoms with Crippen molar-refractivity contribution in [3.8, 4) is 0 Å². The lowest BCUT2D eigenvalue weighted by atomic mass is 10.1. The van der Waals surface area contributed by atoms with E-state index in [1.54, 1.807) is 23.6 Å². The molecular weight excluding hydrogens is 402 g/mol. The van der Waals surface area contributed by atoms with Crippen molar-refractivity contribution in [1.82, 2.24) is 0 Å². The molecule has 30 heavy (non-hydrogen) atoms. The maximum absolute atomic E-state index is 13.0. The van der Waals surface area contributed by atoms with E-state index < -0.39 is 24.4 Å². The van der Waals surface area contributed by atoms with Crippen LogP contribution in [0, 0.1) is 13.8 Å². The normalized spacial score (nSPS) is 12.8. The molecule has 0 atom stereocenters. The Labute approximate surface area is 176 Å². The Bertz CT molecular complexity index is 1200. The maximum Gasteiger partial charge on any atom is 0.338 e. The fourth-order valence-corrected chi connectivity index (χ4v) is 3.92. The van der Waals surface area contributed by atoms with Crippen molar-refractivity contribution in [1.29, 1.82) is 0 Å². The lowest BCUT2D eigenvalue weighted by molar-refractivity contribution is 0.0475. The van der Waals surface area contributed by atoms with E-state index in [2.05, 4.69) is 0 Å². The number of thiophene rings is 1. The van der Waals surface area contributed by atoms with Crippen LogP contribution < -0.4 is 4.90 Å². The van der Waals surface area contributed by atoms with Crippen molar-refractivity contribution < 1.29 is 23.9 Å². The summed E-state index contributed by atoms with van der Waals surface area (Å²) in [6.07, 6.45) is 0. The van der Waals surface area contributed by atoms with Gasteiger partial charge in [-0.25, -0.2) is 9.69 Å². The van der Waals surface area contributed by atoms with E-state index >= 15 is 0 Å². The standard InChI is InChI=1S/C23H17NO5S/c1-13-5-6-14(2)18(10-13)24-21(26)16-8-7-15(11-17(16)22(24)27)23(28)29-12-19(25)20-4-3-9-30-20/h3-11H,12H2,1-2H3. The number of carbonyl (C=O) groups is 4. The van der Waals surface area contributed by atoms with Gasteiger partial charge in [-0.3, -0.25) is 14.4 Å². The lowest BCUT2D eigenvalue weighted by Gasteiger charge is -2.17. The molecular formula is C23H17NO5S. The Morgan fingerprint density at radius 3 is 2.47 bits per heavy atom. The minimum Gasteiger partial charge on any atom is -0.454 e. The number of Topliss-reactive ketones (excluding diaryl/α,β-unsaturated/α-hetero) is 1. The molecule has 0 saturated carbocycles. The third-order valence-electron chi connectivity index (χ3n) is 4.86. The lowest BCUT2D eigenvalue weighted by Crippen LogP contribution is -2.30. The van der Waals surface area contributed by atoms with Gasteiger partial charge >= 0.3 is 5.97 Å². The van der Waals surface area contributed by atoms with Gasteiger partial charge in [0.05, 0.1) is 27.3 Å². The molecule has 2 amide bonds. The summed E-state index contributed by atoms with van der Waals surface area (Å²) in [7, 11) is 0. The van der Waals surface area contributed by atoms with Crippen molar-refractivity contribution in [2.45, 2.75) is 13.8 Å². The molecule has 0 saturated heterocycles. The van der Waals surface area contributed by atoms with E-state index in [4.69, 9.17) is 4.74 Å². The number of rotatable bonds is 5. The highest BCUT2D eigenvalue weighted by atomic mass is 32.1. The van der Waals surface area contributed by atoms with Gasteiger partial charge in [0.2, 0.25) is 5.78 Å². The fourth-order valence-electron chi connectivity index (χ4n) is 3.27. The van der Waals surface area contributed by atoms with E-state index in [9.17, 15) is 19.2 Å². The second-order valence-electron chi connectivity index (χ2n) is 6.97. The molecule has 0 N–H and O–H groups in total. The Hall–Kier alpha value is -3.58. The van der Waals surface area contributed by atoms with Crippen molar-refractivity contribution in [3.63, 3.8) is 0 Å². The minimum absolute atomic E-state index is 0.108. The predicted octanol–water partition coefficient (Wildman–Crippen LogP) is 4.21. The van der Waals surface area contributed by atoms with Crippen molar-refractivity contribution in [2.24, 2.45) is 0 Å². The van der Waals surface area contributed by atoms with Gasteiger partial charge < -0.3 is 4.74 Å². The Morgan fingerprint density at radius 1 is 0.967 bits per heavy atom. The van der Waals surface area contributed by atoms with Crippen molar-refractivity contribution in [3.05, 3.63) is 86.6 Å². The molecule has 0 spiro atoms. The molecule has 7 heteroatoms. The number of fused-ring (bicyclic) bond motifs is 1. The summed E-state index contributed by atoms with van der Waals surface area (Å²) in [6, 6.07) is 13.1. The number of carbonyl (C=O) groups excluding carboxylic acids is 4. The number of hydrogen-bond donors (Lipinski definition) is 0. The second kappa shape index (κ2) is 7.68. The molecule has 4 rings (SSSR count). The van der Waals surface area contributed by atoms with Crippen LogP contribution in [0.3, 0.4) is 0 Å². The van der Waals surface area contributed by atoms with E-state index in [1.165, 1.54) is 29.5 Å². The first-order valence-electron chi connectivity index (χ1n) is 9.20. The number of esters is 1. The first-order chi connectivity index (χ1) is 14.4. The summed E-state index contributed by atoms with van der Waals surface area (Å²) in [5.74, 6) is -1.95. The van der Waals surface area contributed by atoms with Gasteiger partial charge in [0, 0.05) is 0 Å². The largest absolute Gasteiger partial charge is 0.454 e. The summed E-state index contributed by atoms with van der Waals surface area (Å²) >= 11 is 1.27. The van der Waals surface area contributed by atoms with Gasteiger partial charge in [-0.2, -0.15) is 0 Å².